The Morgan fingerprint density at radius 1 is 1.25 bits per heavy atom. The number of aliphatic hydroxyl groups excluding tert-OH is 1. The molecule has 3 heterocycles. The van der Waals surface area contributed by atoms with E-state index in [4.69, 9.17) is 11.6 Å². The molecule has 2 fully saturated rings. The third kappa shape index (κ3) is 3.82. The maximum Gasteiger partial charge on any atom is 0.319 e. The van der Waals surface area contributed by atoms with Gasteiger partial charge in [-0.05, 0) is 30.7 Å². The number of amides is 2. The van der Waals surface area contributed by atoms with E-state index in [1.165, 1.54) is 4.52 Å². The van der Waals surface area contributed by atoms with Gasteiger partial charge in [0.15, 0.2) is 10.8 Å². The number of hydrogen-bond acceptors (Lipinski definition) is 5. The molecule has 8 nitrogen and oxygen atoms in total. The Bertz CT molecular complexity index is 1210. The average molecular weight is 467 g/mol. The maximum atomic E-state index is 14.4. The highest BCUT2D eigenvalue weighted by Gasteiger charge is 2.39. The highest BCUT2D eigenvalue weighted by Crippen LogP contribution is 2.38. The van der Waals surface area contributed by atoms with Crippen LogP contribution in [0.3, 0.4) is 0 Å². The molecule has 0 radical (unpaired) electrons. The summed E-state index contributed by atoms with van der Waals surface area (Å²) in [6.45, 7) is 0.147. The summed E-state index contributed by atoms with van der Waals surface area (Å²) in [6.07, 6.45) is 0.158. The summed E-state index contributed by atoms with van der Waals surface area (Å²) in [6, 6.07) is 2.95. The van der Waals surface area contributed by atoms with Gasteiger partial charge in [0.1, 0.15) is 29.3 Å². The Hall–Kier alpha value is -3.05. The molecule has 0 spiro atoms. The molecule has 4 atom stereocenters. The molecule has 3 N–H and O–H groups in total. The quantitative estimate of drug-likeness (QED) is 0.549. The first-order chi connectivity index (χ1) is 15.3. The zero-order valence-electron chi connectivity index (χ0n) is 16.5. The second kappa shape index (κ2) is 7.82. The number of halogens is 4. The molecule has 2 aliphatic rings. The number of benzene rings is 1. The summed E-state index contributed by atoms with van der Waals surface area (Å²) in [5.74, 6) is -0.819. The van der Waals surface area contributed by atoms with E-state index >= 15 is 0 Å². The number of fused-ring (bicyclic) bond motifs is 1. The molecular formula is C20H18ClF3N6O2. The van der Waals surface area contributed by atoms with Crippen molar-refractivity contribution in [2.24, 2.45) is 0 Å². The number of rotatable bonds is 4. The summed E-state index contributed by atoms with van der Waals surface area (Å²) in [7, 11) is 0. The average Bonchev–Trinajstić information content (AvgIpc) is 3.15. The number of alkyl halides is 1. The zero-order valence-corrected chi connectivity index (χ0v) is 17.2. The van der Waals surface area contributed by atoms with Gasteiger partial charge in [0.2, 0.25) is 0 Å². The Morgan fingerprint density at radius 2 is 2.03 bits per heavy atom. The van der Waals surface area contributed by atoms with Crippen LogP contribution in [0.4, 0.5) is 29.5 Å². The summed E-state index contributed by atoms with van der Waals surface area (Å²) in [5.41, 5.74) is 0.433. The second-order valence-corrected chi connectivity index (χ2v) is 8.26. The molecule has 168 valence electrons. The molecule has 1 aliphatic heterocycles. The van der Waals surface area contributed by atoms with Crippen molar-refractivity contribution in [2.75, 3.05) is 16.8 Å². The maximum absolute atomic E-state index is 14.4. The van der Waals surface area contributed by atoms with E-state index in [1.807, 2.05) is 0 Å². The normalized spacial score (nSPS) is 24.7. The van der Waals surface area contributed by atoms with Crippen molar-refractivity contribution in [3.05, 3.63) is 52.8 Å². The monoisotopic (exact) mass is 466 g/mol. The standard InChI is InChI=1S/C20H18ClF3N6O2/c21-18-17(27-20(32)25-14-7-13(14)24)19-26-16(3-4-30(19)28-18)29-8-10(31)6-15(29)11-5-9(22)1-2-12(11)23/h1-5,10,13-15,31H,6-8H2,(H2,25,27,32)/t10-,13+,14-,15+/m0/s1. The van der Waals surface area contributed by atoms with Crippen LogP contribution in [0.5, 0.6) is 0 Å². The number of urea groups is 1. The van der Waals surface area contributed by atoms with Gasteiger partial charge in [-0.2, -0.15) is 5.10 Å². The highest BCUT2D eigenvalue weighted by molar-refractivity contribution is 6.33. The van der Waals surface area contributed by atoms with Crippen LogP contribution < -0.4 is 15.5 Å². The Labute approximate surface area is 185 Å². The molecule has 0 unspecified atom stereocenters. The third-order valence-electron chi connectivity index (χ3n) is 5.59. The van der Waals surface area contributed by atoms with Gasteiger partial charge >= 0.3 is 6.03 Å². The summed E-state index contributed by atoms with van der Waals surface area (Å²) in [4.78, 5) is 18.3. The van der Waals surface area contributed by atoms with Crippen molar-refractivity contribution in [1.82, 2.24) is 19.9 Å². The Kier molecular flexibility index (Phi) is 5.09. The van der Waals surface area contributed by atoms with Crippen molar-refractivity contribution in [2.45, 2.75) is 37.2 Å². The number of hydrogen-bond donors (Lipinski definition) is 3. The molecule has 32 heavy (non-hydrogen) atoms. The predicted octanol–water partition coefficient (Wildman–Crippen LogP) is 3.21. The van der Waals surface area contributed by atoms with Crippen molar-refractivity contribution in [1.29, 1.82) is 0 Å². The topological polar surface area (TPSA) is 94.8 Å². The Balaban J connectivity index is 1.48. The van der Waals surface area contributed by atoms with Crippen LogP contribution in [0.25, 0.3) is 5.65 Å². The highest BCUT2D eigenvalue weighted by atomic mass is 35.5. The minimum Gasteiger partial charge on any atom is -0.391 e. The van der Waals surface area contributed by atoms with E-state index in [1.54, 1.807) is 17.2 Å². The number of anilines is 2. The summed E-state index contributed by atoms with van der Waals surface area (Å²) >= 11 is 6.16. The van der Waals surface area contributed by atoms with E-state index in [2.05, 4.69) is 20.7 Å². The zero-order chi connectivity index (χ0) is 22.6. The van der Waals surface area contributed by atoms with Crippen LogP contribution in [0.15, 0.2) is 30.5 Å². The lowest BCUT2D eigenvalue weighted by Crippen LogP contribution is -2.31. The van der Waals surface area contributed by atoms with Gasteiger partial charge in [-0.1, -0.05) is 11.6 Å². The summed E-state index contributed by atoms with van der Waals surface area (Å²) in [5, 5.41) is 19.3. The van der Waals surface area contributed by atoms with Crippen LogP contribution in [0, 0.1) is 11.6 Å². The predicted molar refractivity (Wildman–Crippen MR) is 111 cm³/mol. The van der Waals surface area contributed by atoms with Crippen molar-refractivity contribution in [3.63, 3.8) is 0 Å². The van der Waals surface area contributed by atoms with Crippen LogP contribution in [-0.2, 0) is 0 Å². The number of aromatic nitrogens is 3. The largest absolute Gasteiger partial charge is 0.391 e. The molecule has 5 rings (SSSR count). The minimum atomic E-state index is -1.06. The van der Waals surface area contributed by atoms with Crippen molar-refractivity contribution >= 4 is 34.8 Å². The van der Waals surface area contributed by atoms with E-state index < -0.39 is 42.0 Å². The number of nitrogens with one attached hydrogen (secondary N) is 2. The lowest BCUT2D eigenvalue weighted by molar-refractivity contribution is 0.194. The van der Waals surface area contributed by atoms with E-state index in [-0.39, 0.29) is 41.4 Å². The molecule has 3 aromatic rings. The van der Waals surface area contributed by atoms with Gasteiger partial charge < -0.3 is 20.6 Å². The number of carbonyl (C=O) groups excluding carboxylic acids is 1. The molecule has 2 aromatic heterocycles. The first kappa shape index (κ1) is 20.8. The number of carbonyl (C=O) groups is 1. The smallest absolute Gasteiger partial charge is 0.319 e. The molecular weight excluding hydrogens is 449 g/mol. The van der Waals surface area contributed by atoms with Crippen molar-refractivity contribution in [3.8, 4) is 0 Å². The number of aliphatic hydroxyl groups is 1. The molecule has 0 bridgehead atoms. The first-order valence-corrected chi connectivity index (χ1v) is 10.3. The second-order valence-electron chi connectivity index (χ2n) is 7.90. The molecule has 1 aromatic carbocycles. The lowest BCUT2D eigenvalue weighted by Gasteiger charge is -2.26. The molecule has 12 heteroatoms. The van der Waals surface area contributed by atoms with Crippen LogP contribution in [-0.4, -0.2) is 50.6 Å². The van der Waals surface area contributed by atoms with Gasteiger partial charge in [-0.25, -0.2) is 27.5 Å². The Morgan fingerprint density at radius 3 is 2.78 bits per heavy atom. The van der Waals surface area contributed by atoms with Gasteiger partial charge in [-0.15, -0.1) is 0 Å². The lowest BCUT2D eigenvalue weighted by atomic mass is 10.0. The fourth-order valence-electron chi connectivity index (χ4n) is 3.92. The van der Waals surface area contributed by atoms with Gasteiger partial charge in [0, 0.05) is 24.7 Å². The van der Waals surface area contributed by atoms with E-state index in [9.17, 15) is 23.1 Å². The van der Waals surface area contributed by atoms with Gasteiger partial charge in [-0.3, -0.25) is 0 Å². The summed E-state index contributed by atoms with van der Waals surface area (Å²) < 4.78 is 42.6. The van der Waals surface area contributed by atoms with Crippen LogP contribution in [0.1, 0.15) is 24.4 Å². The van der Waals surface area contributed by atoms with Gasteiger partial charge in [0.25, 0.3) is 0 Å². The third-order valence-corrected chi connectivity index (χ3v) is 5.85. The number of nitrogens with zero attached hydrogens (tertiary/aromatic N) is 4. The molecule has 1 saturated heterocycles. The SMILES string of the molecule is O=C(Nc1c(Cl)nn2ccc(N3C[C@@H](O)C[C@@H]3c3cc(F)ccc3F)nc12)N[C@H]1C[C@H]1F. The fraction of sp³-hybridized carbons (Fsp3) is 0.350. The molecule has 1 saturated carbocycles. The van der Waals surface area contributed by atoms with Crippen LogP contribution >= 0.6 is 11.6 Å². The van der Waals surface area contributed by atoms with Crippen molar-refractivity contribution < 1.29 is 23.1 Å². The van der Waals surface area contributed by atoms with E-state index in [0.717, 1.165) is 18.2 Å². The molecule has 2 amide bonds. The van der Waals surface area contributed by atoms with Crippen LogP contribution in [0.2, 0.25) is 5.15 Å². The van der Waals surface area contributed by atoms with Gasteiger partial charge in [0.05, 0.1) is 18.2 Å². The molecule has 1 aliphatic carbocycles. The fourth-order valence-corrected chi connectivity index (χ4v) is 4.14. The number of β-amino-alcohol motifs (C(OH)–C–C–N with tert-alkyl or cyclic N) is 1. The first-order valence-electron chi connectivity index (χ1n) is 9.96. The van der Waals surface area contributed by atoms with E-state index in [0.29, 0.717) is 5.82 Å². The minimum absolute atomic E-state index is 0.0217.